The van der Waals surface area contributed by atoms with Gasteiger partial charge in [-0.25, -0.2) is 0 Å². The predicted octanol–water partition coefficient (Wildman–Crippen LogP) is 4.68. The molecule has 1 fully saturated rings. The fourth-order valence-corrected chi connectivity index (χ4v) is 5.79. The average molecular weight is 464 g/mol. The number of hydrogen-bond donors (Lipinski definition) is 1. The lowest BCUT2D eigenvalue weighted by Gasteiger charge is -2.47. The number of nitrogens with zero attached hydrogens (tertiary/aromatic N) is 2. The number of piperazine rings is 1. The highest BCUT2D eigenvalue weighted by Crippen LogP contribution is 2.41. The van der Waals surface area contributed by atoms with Crippen molar-refractivity contribution in [1.29, 1.82) is 0 Å². The van der Waals surface area contributed by atoms with Crippen molar-refractivity contribution in [1.82, 2.24) is 14.8 Å². The summed E-state index contributed by atoms with van der Waals surface area (Å²) in [7, 11) is 0. The molecule has 5 heteroatoms. The SMILES string of the molecule is O=C1C2Cc3c([nH]c4ccccc34)C(CCc3ccccc3)N2C(=O)CN1CCc1ccccc1. The van der Waals surface area contributed by atoms with Gasteiger partial charge >= 0.3 is 0 Å². The summed E-state index contributed by atoms with van der Waals surface area (Å²) < 4.78 is 0. The van der Waals surface area contributed by atoms with E-state index in [1.54, 1.807) is 4.90 Å². The second-order valence-corrected chi connectivity index (χ2v) is 9.62. The van der Waals surface area contributed by atoms with Gasteiger partial charge in [-0.1, -0.05) is 78.9 Å². The lowest BCUT2D eigenvalue weighted by atomic mass is 9.86. The molecule has 0 saturated carbocycles. The fourth-order valence-electron chi connectivity index (χ4n) is 5.79. The Morgan fingerprint density at radius 2 is 1.46 bits per heavy atom. The highest BCUT2D eigenvalue weighted by molar-refractivity contribution is 5.97. The Morgan fingerprint density at radius 1 is 0.800 bits per heavy atom. The maximum Gasteiger partial charge on any atom is 0.246 e. The van der Waals surface area contributed by atoms with E-state index in [0.29, 0.717) is 13.0 Å². The summed E-state index contributed by atoms with van der Waals surface area (Å²) in [6.45, 7) is 0.716. The van der Waals surface area contributed by atoms with Crippen LogP contribution in [-0.4, -0.2) is 45.7 Å². The van der Waals surface area contributed by atoms with Crippen LogP contribution in [0.3, 0.4) is 0 Å². The van der Waals surface area contributed by atoms with Gasteiger partial charge in [-0.15, -0.1) is 0 Å². The van der Waals surface area contributed by atoms with Gasteiger partial charge in [0, 0.05) is 29.6 Å². The van der Waals surface area contributed by atoms with Crippen molar-refractivity contribution < 1.29 is 9.59 Å². The van der Waals surface area contributed by atoms with Gasteiger partial charge in [-0.3, -0.25) is 9.59 Å². The first kappa shape index (κ1) is 21.7. The number of nitrogens with one attached hydrogen (secondary N) is 1. The third kappa shape index (κ3) is 4.01. The number of carbonyl (C=O) groups excluding carboxylic acids is 2. The number of hydrogen-bond acceptors (Lipinski definition) is 2. The molecule has 0 radical (unpaired) electrons. The molecule has 2 aliphatic rings. The molecule has 5 nitrogen and oxygen atoms in total. The van der Waals surface area contributed by atoms with E-state index in [1.807, 2.05) is 53.4 Å². The smallest absolute Gasteiger partial charge is 0.246 e. The molecule has 6 rings (SSSR count). The van der Waals surface area contributed by atoms with Gasteiger partial charge in [0.2, 0.25) is 11.8 Å². The van der Waals surface area contributed by atoms with Gasteiger partial charge in [0.05, 0.1) is 12.6 Å². The molecule has 2 amide bonds. The zero-order chi connectivity index (χ0) is 23.8. The summed E-state index contributed by atoms with van der Waals surface area (Å²) in [6.07, 6.45) is 2.95. The molecule has 0 aliphatic carbocycles. The number of benzene rings is 3. The van der Waals surface area contributed by atoms with E-state index < -0.39 is 6.04 Å². The molecule has 1 N–H and O–H groups in total. The van der Waals surface area contributed by atoms with Crippen molar-refractivity contribution in [2.75, 3.05) is 13.1 Å². The molecule has 2 aliphatic heterocycles. The van der Waals surface area contributed by atoms with Gasteiger partial charge in [0.15, 0.2) is 0 Å². The third-order valence-corrected chi connectivity index (χ3v) is 7.52. The topological polar surface area (TPSA) is 56.4 Å². The van der Waals surface area contributed by atoms with E-state index in [4.69, 9.17) is 0 Å². The van der Waals surface area contributed by atoms with E-state index in [-0.39, 0.29) is 24.4 Å². The van der Waals surface area contributed by atoms with E-state index in [9.17, 15) is 9.59 Å². The Hall–Kier alpha value is -3.86. The molecule has 0 bridgehead atoms. The summed E-state index contributed by atoms with van der Waals surface area (Å²) in [5.74, 6) is 0.117. The first-order chi connectivity index (χ1) is 17.2. The number of para-hydroxylation sites is 1. The average Bonchev–Trinajstić information content (AvgIpc) is 3.28. The fraction of sp³-hybridized carbons (Fsp3) is 0.267. The molecule has 3 aromatic carbocycles. The molecular formula is C30H29N3O2. The van der Waals surface area contributed by atoms with Crippen LogP contribution in [-0.2, 0) is 28.9 Å². The van der Waals surface area contributed by atoms with Crippen molar-refractivity contribution >= 4 is 22.7 Å². The number of aromatic amines is 1. The van der Waals surface area contributed by atoms with Crippen LogP contribution in [0.4, 0.5) is 0 Å². The normalized spacial score (nSPS) is 19.7. The number of aryl methyl sites for hydroxylation is 1. The van der Waals surface area contributed by atoms with Crippen LogP contribution in [0.25, 0.3) is 10.9 Å². The lowest BCUT2D eigenvalue weighted by Crippen LogP contribution is -2.63. The molecule has 2 unspecified atom stereocenters. The van der Waals surface area contributed by atoms with Crippen LogP contribution in [0.15, 0.2) is 84.9 Å². The van der Waals surface area contributed by atoms with Gasteiger partial charge in [0.25, 0.3) is 0 Å². The maximum absolute atomic E-state index is 13.7. The number of rotatable bonds is 6. The molecule has 0 spiro atoms. The van der Waals surface area contributed by atoms with Crippen LogP contribution in [0.2, 0.25) is 0 Å². The number of carbonyl (C=O) groups is 2. The van der Waals surface area contributed by atoms with E-state index >= 15 is 0 Å². The Kier molecular flexibility index (Phi) is 5.61. The monoisotopic (exact) mass is 463 g/mol. The molecule has 3 heterocycles. The highest BCUT2D eigenvalue weighted by atomic mass is 16.2. The Balaban J connectivity index is 1.32. The van der Waals surface area contributed by atoms with E-state index in [0.717, 1.165) is 35.9 Å². The predicted molar refractivity (Wildman–Crippen MR) is 137 cm³/mol. The first-order valence-electron chi connectivity index (χ1n) is 12.5. The third-order valence-electron chi connectivity index (χ3n) is 7.52. The summed E-state index contributed by atoms with van der Waals surface area (Å²) >= 11 is 0. The minimum absolute atomic E-state index is 0.0463. The summed E-state index contributed by atoms with van der Waals surface area (Å²) in [5, 5.41) is 1.16. The number of aromatic nitrogens is 1. The molecule has 1 aromatic heterocycles. The lowest BCUT2D eigenvalue weighted by molar-refractivity contribution is -0.159. The summed E-state index contributed by atoms with van der Waals surface area (Å²) in [4.78, 5) is 34.6. The number of H-pyrrole nitrogens is 1. The van der Waals surface area contributed by atoms with Crippen molar-refractivity contribution in [3.8, 4) is 0 Å². The number of fused-ring (bicyclic) bond motifs is 4. The zero-order valence-electron chi connectivity index (χ0n) is 19.7. The molecule has 176 valence electrons. The van der Waals surface area contributed by atoms with Gasteiger partial charge in [0.1, 0.15) is 6.04 Å². The minimum atomic E-state index is -0.445. The standard InChI is InChI=1S/C30H29N3O2/c34-28-20-32(18-17-22-11-5-2-6-12-22)30(35)27-19-24-23-13-7-8-14-25(23)31-29(24)26(33(27)28)16-15-21-9-3-1-4-10-21/h1-14,26-27,31H,15-20H2. The first-order valence-corrected chi connectivity index (χ1v) is 12.5. The largest absolute Gasteiger partial charge is 0.356 e. The van der Waals surface area contributed by atoms with Crippen LogP contribution in [0.5, 0.6) is 0 Å². The second kappa shape index (κ2) is 9.06. The Labute approximate surface area is 205 Å². The van der Waals surface area contributed by atoms with Crippen LogP contribution in [0.1, 0.15) is 34.8 Å². The van der Waals surface area contributed by atoms with Crippen LogP contribution >= 0.6 is 0 Å². The molecule has 1 saturated heterocycles. The maximum atomic E-state index is 13.7. The van der Waals surface area contributed by atoms with Gasteiger partial charge in [-0.05, 0) is 42.0 Å². The van der Waals surface area contributed by atoms with Crippen molar-refractivity contribution in [2.45, 2.75) is 37.8 Å². The molecule has 35 heavy (non-hydrogen) atoms. The van der Waals surface area contributed by atoms with E-state index in [2.05, 4.69) is 41.4 Å². The second-order valence-electron chi connectivity index (χ2n) is 9.62. The van der Waals surface area contributed by atoms with Crippen molar-refractivity contribution in [3.63, 3.8) is 0 Å². The molecular weight excluding hydrogens is 434 g/mol. The van der Waals surface area contributed by atoms with Gasteiger partial charge in [-0.2, -0.15) is 0 Å². The van der Waals surface area contributed by atoms with Crippen LogP contribution < -0.4 is 0 Å². The quantitative estimate of drug-likeness (QED) is 0.451. The van der Waals surface area contributed by atoms with Gasteiger partial charge < -0.3 is 14.8 Å². The molecule has 4 aromatic rings. The minimum Gasteiger partial charge on any atom is -0.356 e. The van der Waals surface area contributed by atoms with Crippen molar-refractivity contribution in [2.24, 2.45) is 0 Å². The van der Waals surface area contributed by atoms with Crippen LogP contribution in [0, 0.1) is 0 Å². The van der Waals surface area contributed by atoms with Crippen molar-refractivity contribution in [3.05, 3.63) is 107 Å². The summed E-state index contributed by atoms with van der Waals surface area (Å²) in [5.41, 5.74) is 5.78. The number of amides is 2. The zero-order valence-corrected chi connectivity index (χ0v) is 19.7. The molecule has 2 atom stereocenters. The highest BCUT2D eigenvalue weighted by Gasteiger charge is 2.47. The Bertz CT molecular complexity index is 1360. The van der Waals surface area contributed by atoms with E-state index in [1.165, 1.54) is 16.7 Å². The Morgan fingerprint density at radius 3 is 2.20 bits per heavy atom. The summed E-state index contributed by atoms with van der Waals surface area (Å²) in [6, 6.07) is 28.2.